The van der Waals surface area contributed by atoms with Gasteiger partial charge in [-0.05, 0) is 36.6 Å². The summed E-state index contributed by atoms with van der Waals surface area (Å²) in [6.45, 7) is 4.66. The first-order chi connectivity index (χ1) is 14.1. The summed E-state index contributed by atoms with van der Waals surface area (Å²) in [5.74, 6) is 1.53. The van der Waals surface area contributed by atoms with Gasteiger partial charge in [0.05, 0.1) is 13.7 Å². The third kappa shape index (κ3) is 4.17. The van der Waals surface area contributed by atoms with Crippen molar-refractivity contribution in [1.29, 1.82) is 5.26 Å². The lowest BCUT2D eigenvalue weighted by Gasteiger charge is -2.18. The first kappa shape index (κ1) is 20.2. The van der Waals surface area contributed by atoms with E-state index in [0.29, 0.717) is 23.7 Å². The summed E-state index contributed by atoms with van der Waals surface area (Å²) in [5.41, 5.74) is 10.7. The smallest absolute Gasteiger partial charge is 0.161 e. The minimum atomic E-state index is 0.224. The van der Waals surface area contributed by atoms with Gasteiger partial charge in [0.2, 0.25) is 0 Å². The van der Waals surface area contributed by atoms with Crippen LogP contribution in [0.4, 0.5) is 5.82 Å². The van der Waals surface area contributed by atoms with E-state index in [1.165, 1.54) is 0 Å². The van der Waals surface area contributed by atoms with Gasteiger partial charge in [-0.25, -0.2) is 4.98 Å². The van der Waals surface area contributed by atoms with E-state index in [1.807, 2.05) is 55.5 Å². The SMILES string of the molecule is CCCCOc1ccc(-c2c(C#N)c(N)nc(C)c2-c2ccccc2)cc1OC. The number of benzene rings is 2. The Hall–Kier alpha value is -3.52. The molecule has 1 heterocycles. The first-order valence-corrected chi connectivity index (χ1v) is 9.67. The maximum Gasteiger partial charge on any atom is 0.161 e. The summed E-state index contributed by atoms with van der Waals surface area (Å²) in [5, 5.41) is 9.82. The summed E-state index contributed by atoms with van der Waals surface area (Å²) in [6.07, 6.45) is 2.03. The van der Waals surface area contributed by atoms with E-state index in [-0.39, 0.29) is 5.82 Å². The molecule has 0 fully saturated rings. The van der Waals surface area contributed by atoms with Gasteiger partial charge in [-0.1, -0.05) is 49.7 Å². The molecule has 29 heavy (non-hydrogen) atoms. The maximum absolute atomic E-state index is 9.82. The van der Waals surface area contributed by atoms with Crippen LogP contribution in [0.2, 0.25) is 0 Å². The second-order valence-corrected chi connectivity index (χ2v) is 6.75. The normalized spacial score (nSPS) is 10.4. The Morgan fingerprint density at radius 1 is 1.03 bits per heavy atom. The topological polar surface area (TPSA) is 81.2 Å². The number of hydrogen-bond acceptors (Lipinski definition) is 5. The van der Waals surface area contributed by atoms with Gasteiger partial charge in [0, 0.05) is 16.8 Å². The van der Waals surface area contributed by atoms with E-state index in [4.69, 9.17) is 15.2 Å². The summed E-state index contributed by atoms with van der Waals surface area (Å²) in [4.78, 5) is 4.42. The van der Waals surface area contributed by atoms with Crippen LogP contribution < -0.4 is 15.2 Å². The minimum absolute atomic E-state index is 0.224. The number of unbranched alkanes of at least 4 members (excludes halogenated alkanes) is 1. The molecule has 3 aromatic rings. The zero-order chi connectivity index (χ0) is 20.8. The monoisotopic (exact) mass is 387 g/mol. The zero-order valence-electron chi connectivity index (χ0n) is 17.0. The van der Waals surface area contributed by atoms with Crippen molar-refractivity contribution in [3.63, 3.8) is 0 Å². The Bertz CT molecular complexity index is 1040. The predicted molar refractivity (Wildman–Crippen MR) is 116 cm³/mol. The average molecular weight is 387 g/mol. The molecule has 5 nitrogen and oxygen atoms in total. The Labute approximate surface area is 171 Å². The Kier molecular flexibility index (Phi) is 6.36. The van der Waals surface area contributed by atoms with Crippen molar-refractivity contribution in [1.82, 2.24) is 4.98 Å². The van der Waals surface area contributed by atoms with Gasteiger partial charge in [0.1, 0.15) is 17.5 Å². The van der Waals surface area contributed by atoms with E-state index in [2.05, 4.69) is 18.0 Å². The summed E-state index contributed by atoms with van der Waals surface area (Å²) in [7, 11) is 1.61. The number of methoxy groups -OCH3 is 1. The van der Waals surface area contributed by atoms with Gasteiger partial charge in [-0.3, -0.25) is 0 Å². The molecule has 0 bridgehead atoms. The molecule has 2 N–H and O–H groups in total. The predicted octanol–water partition coefficient (Wildman–Crippen LogP) is 5.37. The van der Waals surface area contributed by atoms with Crippen LogP contribution in [-0.2, 0) is 0 Å². The average Bonchev–Trinajstić information content (AvgIpc) is 2.74. The van der Waals surface area contributed by atoms with Crippen LogP contribution in [-0.4, -0.2) is 18.7 Å². The van der Waals surface area contributed by atoms with Crippen molar-refractivity contribution < 1.29 is 9.47 Å². The number of rotatable bonds is 7. The van der Waals surface area contributed by atoms with Gasteiger partial charge in [0.25, 0.3) is 0 Å². The first-order valence-electron chi connectivity index (χ1n) is 9.67. The second-order valence-electron chi connectivity index (χ2n) is 6.75. The van der Waals surface area contributed by atoms with Crippen LogP contribution in [0.15, 0.2) is 48.5 Å². The van der Waals surface area contributed by atoms with E-state index in [1.54, 1.807) is 7.11 Å². The second kappa shape index (κ2) is 9.11. The van der Waals surface area contributed by atoms with Crippen LogP contribution in [0, 0.1) is 18.3 Å². The minimum Gasteiger partial charge on any atom is -0.493 e. The summed E-state index contributed by atoms with van der Waals surface area (Å²) >= 11 is 0. The van der Waals surface area contributed by atoms with Crippen LogP contribution in [0.5, 0.6) is 11.5 Å². The Morgan fingerprint density at radius 3 is 2.45 bits per heavy atom. The van der Waals surface area contributed by atoms with Crippen LogP contribution >= 0.6 is 0 Å². The number of nitrogen functional groups attached to an aromatic ring is 1. The highest BCUT2D eigenvalue weighted by molar-refractivity contribution is 5.91. The molecule has 148 valence electrons. The molecule has 0 amide bonds. The molecule has 0 saturated carbocycles. The van der Waals surface area contributed by atoms with Crippen molar-refractivity contribution in [2.45, 2.75) is 26.7 Å². The fourth-order valence-electron chi connectivity index (χ4n) is 3.36. The number of aryl methyl sites for hydroxylation is 1. The molecule has 5 heteroatoms. The van der Waals surface area contributed by atoms with Crippen molar-refractivity contribution in [2.75, 3.05) is 19.5 Å². The number of nitrogens with zero attached hydrogens (tertiary/aromatic N) is 2. The lowest BCUT2D eigenvalue weighted by Crippen LogP contribution is -2.04. The van der Waals surface area contributed by atoms with E-state index in [9.17, 15) is 5.26 Å². The summed E-state index contributed by atoms with van der Waals surface area (Å²) < 4.78 is 11.4. The molecule has 1 aromatic heterocycles. The van der Waals surface area contributed by atoms with E-state index in [0.717, 1.165) is 40.8 Å². The molecule has 0 spiro atoms. The van der Waals surface area contributed by atoms with E-state index < -0.39 is 0 Å². The number of nitrogens with two attached hydrogens (primary N) is 1. The number of pyridine rings is 1. The molecule has 2 aromatic carbocycles. The lowest BCUT2D eigenvalue weighted by molar-refractivity contribution is 0.288. The Morgan fingerprint density at radius 2 is 1.79 bits per heavy atom. The molecule has 3 rings (SSSR count). The fraction of sp³-hybridized carbons (Fsp3) is 0.250. The molecule has 0 saturated heterocycles. The lowest BCUT2D eigenvalue weighted by atomic mass is 9.90. The van der Waals surface area contributed by atoms with Crippen molar-refractivity contribution in [3.05, 3.63) is 59.8 Å². The Balaban J connectivity index is 2.21. The number of ether oxygens (including phenoxy) is 2. The van der Waals surface area contributed by atoms with Gasteiger partial charge in [0.15, 0.2) is 11.5 Å². The molecule has 0 radical (unpaired) electrons. The summed E-state index contributed by atoms with van der Waals surface area (Å²) in [6, 6.07) is 17.8. The number of hydrogen-bond donors (Lipinski definition) is 1. The van der Waals surface area contributed by atoms with Crippen LogP contribution in [0.25, 0.3) is 22.3 Å². The fourth-order valence-corrected chi connectivity index (χ4v) is 3.36. The molecule has 0 aliphatic carbocycles. The largest absolute Gasteiger partial charge is 0.493 e. The van der Waals surface area contributed by atoms with Gasteiger partial charge >= 0.3 is 0 Å². The number of anilines is 1. The standard InChI is InChI=1S/C24H25N3O2/c1-4-5-13-29-20-12-11-18(14-21(20)28-3)23-19(15-25)24(26)27-16(2)22(23)17-9-7-6-8-10-17/h6-12,14H,4-5,13H2,1-3H3,(H2,26,27). The maximum atomic E-state index is 9.82. The zero-order valence-corrected chi connectivity index (χ0v) is 17.0. The number of nitriles is 1. The van der Waals surface area contributed by atoms with Gasteiger partial charge < -0.3 is 15.2 Å². The molecule has 0 atom stereocenters. The highest BCUT2D eigenvalue weighted by Crippen LogP contribution is 2.41. The molecular formula is C24H25N3O2. The van der Waals surface area contributed by atoms with Gasteiger partial charge in [-0.2, -0.15) is 5.26 Å². The molecule has 0 aliphatic rings. The third-order valence-corrected chi connectivity index (χ3v) is 4.79. The van der Waals surface area contributed by atoms with Crippen LogP contribution in [0.3, 0.4) is 0 Å². The molecule has 0 aliphatic heterocycles. The van der Waals surface area contributed by atoms with Crippen molar-refractivity contribution in [2.24, 2.45) is 0 Å². The molecule has 0 unspecified atom stereocenters. The molecular weight excluding hydrogens is 362 g/mol. The van der Waals surface area contributed by atoms with Crippen LogP contribution in [0.1, 0.15) is 31.0 Å². The van der Waals surface area contributed by atoms with Crippen molar-refractivity contribution in [3.8, 4) is 39.8 Å². The van der Waals surface area contributed by atoms with Gasteiger partial charge in [-0.15, -0.1) is 0 Å². The highest BCUT2D eigenvalue weighted by atomic mass is 16.5. The number of aromatic nitrogens is 1. The third-order valence-electron chi connectivity index (χ3n) is 4.79. The highest BCUT2D eigenvalue weighted by Gasteiger charge is 2.20. The van der Waals surface area contributed by atoms with Crippen molar-refractivity contribution >= 4 is 5.82 Å². The quantitative estimate of drug-likeness (QED) is 0.552. The van der Waals surface area contributed by atoms with E-state index >= 15 is 0 Å².